The number of thiazole rings is 1. The number of amides is 1. The van der Waals surface area contributed by atoms with Crippen molar-refractivity contribution < 1.29 is 13.9 Å². The Morgan fingerprint density at radius 1 is 1.48 bits per heavy atom. The van der Waals surface area contributed by atoms with Crippen molar-refractivity contribution in [2.45, 2.75) is 25.7 Å². The summed E-state index contributed by atoms with van der Waals surface area (Å²) in [5, 5.41) is 1.08. The molecule has 122 valence electrons. The van der Waals surface area contributed by atoms with E-state index in [1.807, 2.05) is 13.1 Å². The number of aromatic nitrogens is 1. The number of benzene rings is 1. The van der Waals surface area contributed by atoms with Gasteiger partial charge in [-0.15, -0.1) is 11.3 Å². The summed E-state index contributed by atoms with van der Waals surface area (Å²) in [7, 11) is 1.49. The molecule has 1 saturated heterocycles. The van der Waals surface area contributed by atoms with Gasteiger partial charge < -0.3 is 9.64 Å². The van der Waals surface area contributed by atoms with Gasteiger partial charge in [-0.25, -0.2) is 9.37 Å². The summed E-state index contributed by atoms with van der Waals surface area (Å²) in [5.41, 5.74) is 0.281. The third-order valence-electron chi connectivity index (χ3n) is 4.09. The number of halogens is 1. The van der Waals surface area contributed by atoms with Gasteiger partial charge in [0.1, 0.15) is 11.6 Å². The number of nitrogens with zero attached hydrogens (tertiary/aromatic N) is 2. The molecule has 1 aliphatic heterocycles. The van der Waals surface area contributed by atoms with E-state index in [0.717, 1.165) is 17.8 Å². The van der Waals surface area contributed by atoms with E-state index in [1.165, 1.54) is 30.2 Å². The van der Waals surface area contributed by atoms with Gasteiger partial charge in [-0.05, 0) is 38.0 Å². The molecule has 1 aliphatic rings. The minimum absolute atomic E-state index is 0.181. The van der Waals surface area contributed by atoms with Crippen LogP contribution in [-0.2, 0) is 0 Å². The Balaban J connectivity index is 1.81. The fraction of sp³-hybridized carbons (Fsp3) is 0.412. The topological polar surface area (TPSA) is 42.4 Å². The van der Waals surface area contributed by atoms with Crippen molar-refractivity contribution in [3.05, 3.63) is 45.7 Å². The highest BCUT2D eigenvalue weighted by atomic mass is 32.1. The van der Waals surface area contributed by atoms with E-state index in [2.05, 4.69) is 4.98 Å². The van der Waals surface area contributed by atoms with Gasteiger partial charge in [0.2, 0.25) is 0 Å². The van der Waals surface area contributed by atoms with Crippen LogP contribution in [0.1, 0.15) is 39.0 Å². The average Bonchev–Trinajstić information content (AvgIpc) is 3.01. The van der Waals surface area contributed by atoms with Crippen molar-refractivity contribution in [1.82, 2.24) is 9.88 Å². The van der Waals surface area contributed by atoms with Crippen molar-refractivity contribution in [3.63, 3.8) is 0 Å². The maximum atomic E-state index is 13.5. The number of ether oxygens (including phenoxy) is 1. The molecule has 1 atom stereocenters. The fourth-order valence-corrected chi connectivity index (χ4v) is 3.84. The molecule has 2 heterocycles. The Hall–Kier alpha value is -1.95. The van der Waals surface area contributed by atoms with Crippen LogP contribution in [0.15, 0.2) is 24.4 Å². The van der Waals surface area contributed by atoms with Crippen LogP contribution in [0.4, 0.5) is 4.39 Å². The molecule has 1 fully saturated rings. The summed E-state index contributed by atoms with van der Waals surface area (Å²) >= 11 is 1.68. The summed E-state index contributed by atoms with van der Waals surface area (Å²) in [5.74, 6) is 0.0483. The Bertz CT molecular complexity index is 716. The first kappa shape index (κ1) is 15.9. The number of piperidine rings is 1. The molecule has 3 rings (SSSR count). The molecule has 0 saturated carbocycles. The molecule has 6 heteroatoms. The van der Waals surface area contributed by atoms with Gasteiger partial charge in [0.15, 0.2) is 0 Å². The first-order valence-corrected chi connectivity index (χ1v) is 8.45. The quantitative estimate of drug-likeness (QED) is 0.861. The van der Waals surface area contributed by atoms with E-state index in [9.17, 15) is 9.18 Å². The Kier molecular flexibility index (Phi) is 4.61. The molecule has 0 aliphatic carbocycles. The third-order valence-corrected chi connectivity index (χ3v) is 5.16. The smallest absolute Gasteiger partial charge is 0.257 e. The molecule has 0 N–H and O–H groups in total. The molecule has 23 heavy (non-hydrogen) atoms. The lowest BCUT2D eigenvalue weighted by molar-refractivity contribution is 0.0703. The highest BCUT2D eigenvalue weighted by Crippen LogP contribution is 2.31. The van der Waals surface area contributed by atoms with Gasteiger partial charge in [-0.2, -0.15) is 0 Å². The van der Waals surface area contributed by atoms with Crippen molar-refractivity contribution in [2.24, 2.45) is 0 Å². The summed E-state index contributed by atoms with van der Waals surface area (Å²) in [6.07, 6.45) is 3.82. The Morgan fingerprint density at radius 3 is 3.00 bits per heavy atom. The minimum atomic E-state index is -0.432. The number of likely N-dealkylation sites (tertiary alicyclic amines) is 1. The second kappa shape index (κ2) is 6.66. The SMILES string of the molecule is COc1ccc(F)cc1C(=O)N1CCC[C@@H](c2ncc(C)s2)C1. The van der Waals surface area contributed by atoms with Gasteiger partial charge in [0.25, 0.3) is 5.91 Å². The second-order valence-corrected chi connectivity index (χ2v) is 7.01. The molecule has 0 bridgehead atoms. The highest BCUT2D eigenvalue weighted by molar-refractivity contribution is 7.11. The van der Waals surface area contributed by atoms with Gasteiger partial charge in [0.05, 0.1) is 17.7 Å². The molecule has 0 radical (unpaired) electrons. The average molecular weight is 334 g/mol. The number of methoxy groups -OCH3 is 1. The lowest BCUT2D eigenvalue weighted by atomic mass is 9.98. The van der Waals surface area contributed by atoms with Crippen molar-refractivity contribution in [3.8, 4) is 5.75 Å². The zero-order valence-corrected chi connectivity index (χ0v) is 14.0. The second-order valence-electron chi connectivity index (χ2n) is 5.74. The number of hydrogen-bond donors (Lipinski definition) is 0. The molecule has 0 unspecified atom stereocenters. The molecule has 1 aromatic heterocycles. The molecular weight excluding hydrogens is 315 g/mol. The lowest BCUT2D eigenvalue weighted by Gasteiger charge is -2.32. The maximum absolute atomic E-state index is 13.5. The van der Waals surface area contributed by atoms with E-state index in [4.69, 9.17) is 4.74 Å². The summed E-state index contributed by atoms with van der Waals surface area (Å²) < 4.78 is 18.7. The zero-order chi connectivity index (χ0) is 16.4. The molecular formula is C17H19FN2O2S. The normalized spacial score (nSPS) is 18.0. The standard InChI is InChI=1S/C17H19FN2O2S/c1-11-9-19-16(23-11)12-4-3-7-20(10-12)17(21)14-8-13(18)5-6-15(14)22-2/h5-6,8-9,12H,3-4,7,10H2,1-2H3/t12-/m1/s1. The zero-order valence-electron chi connectivity index (χ0n) is 13.2. The monoisotopic (exact) mass is 334 g/mol. The first-order chi connectivity index (χ1) is 11.1. The van der Waals surface area contributed by atoms with Crippen LogP contribution in [0, 0.1) is 12.7 Å². The number of hydrogen-bond acceptors (Lipinski definition) is 4. The van der Waals surface area contributed by atoms with Crippen molar-refractivity contribution in [1.29, 1.82) is 0 Å². The van der Waals surface area contributed by atoms with Crippen LogP contribution in [0.25, 0.3) is 0 Å². The van der Waals surface area contributed by atoms with E-state index in [-0.39, 0.29) is 17.4 Å². The van der Waals surface area contributed by atoms with Crippen LogP contribution in [0.3, 0.4) is 0 Å². The van der Waals surface area contributed by atoms with Gasteiger partial charge in [-0.3, -0.25) is 4.79 Å². The maximum Gasteiger partial charge on any atom is 0.257 e. The minimum Gasteiger partial charge on any atom is -0.496 e. The van der Waals surface area contributed by atoms with Crippen LogP contribution < -0.4 is 4.74 Å². The van der Waals surface area contributed by atoms with Crippen LogP contribution in [0.2, 0.25) is 0 Å². The highest BCUT2D eigenvalue weighted by Gasteiger charge is 2.28. The first-order valence-electron chi connectivity index (χ1n) is 7.63. The predicted molar refractivity (Wildman–Crippen MR) is 87.7 cm³/mol. The summed E-state index contributed by atoms with van der Waals surface area (Å²) in [6, 6.07) is 4.04. The van der Waals surface area contributed by atoms with Crippen LogP contribution >= 0.6 is 11.3 Å². The molecule has 1 amide bonds. The summed E-state index contributed by atoms with van der Waals surface area (Å²) in [4.78, 5) is 20.2. The number of carbonyl (C=O) groups is 1. The van der Waals surface area contributed by atoms with Crippen molar-refractivity contribution >= 4 is 17.2 Å². The number of aryl methyl sites for hydroxylation is 1. The summed E-state index contributed by atoms with van der Waals surface area (Å²) in [6.45, 7) is 3.33. The molecule has 2 aromatic rings. The largest absolute Gasteiger partial charge is 0.496 e. The fourth-order valence-electron chi connectivity index (χ4n) is 2.94. The Labute approximate surface area is 138 Å². The molecule has 1 aromatic carbocycles. The third kappa shape index (κ3) is 3.37. The van der Waals surface area contributed by atoms with E-state index in [1.54, 1.807) is 16.2 Å². The van der Waals surface area contributed by atoms with E-state index < -0.39 is 5.82 Å². The van der Waals surface area contributed by atoms with E-state index >= 15 is 0 Å². The van der Waals surface area contributed by atoms with Gasteiger partial charge in [-0.1, -0.05) is 0 Å². The number of carbonyl (C=O) groups excluding carboxylic acids is 1. The molecule has 4 nitrogen and oxygen atoms in total. The van der Waals surface area contributed by atoms with Crippen molar-refractivity contribution in [2.75, 3.05) is 20.2 Å². The molecule has 0 spiro atoms. The van der Waals surface area contributed by atoms with E-state index in [0.29, 0.717) is 18.8 Å². The van der Waals surface area contributed by atoms with Crippen LogP contribution in [-0.4, -0.2) is 36.0 Å². The predicted octanol–water partition coefficient (Wildman–Crippen LogP) is 3.62. The Morgan fingerprint density at radius 2 is 2.30 bits per heavy atom. The lowest BCUT2D eigenvalue weighted by Crippen LogP contribution is -2.39. The van der Waals surface area contributed by atoms with Gasteiger partial charge >= 0.3 is 0 Å². The number of rotatable bonds is 3. The van der Waals surface area contributed by atoms with Gasteiger partial charge in [0, 0.05) is 30.1 Å². The van der Waals surface area contributed by atoms with Crippen LogP contribution in [0.5, 0.6) is 5.75 Å².